The number of amides is 2. The quantitative estimate of drug-likeness (QED) is 0.883. The van der Waals surface area contributed by atoms with E-state index in [-0.39, 0.29) is 29.5 Å². The summed E-state index contributed by atoms with van der Waals surface area (Å²) in [4.78, 5) is 26.7. The molecule has 1 heterocycles. The minimum atomic E-state index is -0.881. The van der Waals surface area contributed by atoms with Crippen molar-refractivity contribution in [1.82, 2.24) is 10.2 Å². The number of carbonyl (C=O) groups is 2. The van der Waals surface area contributed by atoms with E-state index in [1.807, 2.05) is 6.07 Å². The highest BCUT2D eigenvalue weighted by atomic mass is 16.3. The van der Waals surface area contributed by atoms with Crippen LogP contribution in [0.25, 0.3) is 0 Å². The van der Waals surface area contributed by atoms with Gasteiger partial charge in [0.25, 0.3) is 0 Å². The Morgan fingerprint density at radius 2 is 2.05 bits per heavy atom. The second-order valence-corrected chi connectivity index (χ2v) is 6.44. The summed E-state index contributed by atoms with van der Waals surface area (Å²) in [6, 6.07) is 6.42. The Morgan fingerprint density at radius 1 is 1.33 bits per heavy atom. The Kier molecular flexibility index (Phi) is 3.15. The molecule has 1 aromatic carbocycles. The van der Waals surface area contributed by atoms with Crippen LogP contribution in [0.5, 0.6) is 5.75 Å². The second-order valence-electron chi connectivity index (χ2n) is 6.44. The zero-order valence-corrected chi connectivity index (χ0v) is 12.3. The molecule has 112 valence electrons. The van der Waals surface area contributed by atoms with Gasteiger partial charge in [0.05, 0.1) is 0 Å². The molecule has 5 heteroatoms. The van der Waals surface area contributed by atoms with Crippen molar-refractivity contribution in [3.63, 3.8) is 0 Å². The molecule has 1 saturated heterocycles. The Bertz CT molecular complexity index is 593. The van der Waals surface area contributed by atoms with Gasteiger partial charge in [-0.1, -0.05) is 12.1 Å². The summed E-state index contributed by atoms with van der Waals surface area (Å²) in [6.45, 7) is 3.84. The number of phenols is 1. The van der Waals surface area contributed by atoms with E-state index in [1.54, 1.807) is 36.9 Å². The highest BCUT2D eigenvalue weighted by molar-refractivity contribution is 5.99. The lowest BCUT2D eigenvalue weighted by Gasteiger charge is -2.44. The molecule has 2 N–H and O–H groups in total. The zero-order valence-electron chi connectivity index (χ0n) is 12.3. The summed E-state index contributed by atoms with van der Waals surface area (Å²) >= 11 is 0. The predicted molar refractivity (Wildman–Crippen MR) is 77.4 cm³/mol. The van der Waals surface area contributed by atoms with E-state index >= 15 is 0 Å². The Morgan fingerprint density at radius 3 is 2.67 bits per heavy atom. The first kappa shape index (κ1) is 13.9. The van der Waals surface area contributed by atoms with Gasteiger partial charge >= 0.3 is 0 Å². The Balaban J connectivity index is 1.88. The zero-order chi connectivity index (χ0) is 15.2. The summed E-state index contributed by atoms with van der Waals surface area (Å²) in [7, 11) is 0. The van der Waals surface area contributed by atoms with Crippen LogP contribution in [0.3, 0.4) is 0 Å². The summed E-state index contributed by atoms with van der Waals surface area (Å²) in [5.74, 6) is 0.312. The van der Waals surface area contributed by atoms with Crippen molar-refractivity contribution in [3.8, 4) is 5.75 Å². The lowest BCUT2D eigenvalue weighted by molar-refractivity contribution is -0.156. The maximum absolute atomic E-state index is 12.7. The van der Waals surface area contributed by atoms with Crippen molar-refractivity contribution in [2.45, 2.75) is 44.8 Å². The molecule has 2 aliphatic rings. The van der Waals surface area contributed by atoms with Crippen molar-refractivity contribution >= 4 is 11.8 Å². The third-order valence-electron chi connectivity index (χ3n) is 4.39. The number of hydrogen-bond acceptors (Lipinski definition) is 3. The van der Waals surface area contributed by atoms with Crippen LogP contribution < -0.4 is 5.32 Å². The average molecular weight is 288 g/mol. The monoisotopic (exact) mass is 288 g/mol. The van der Waals surface area contributed by atoms with E-state index in [9.17, 15) is 14.7 Å². The highest BCUT2D eigenvalue weighted by Crippen LogP contribution is 2.37. The molecule has 1 saturated carbocycles. The van der Waals surface area contributed by atoms with Gasteiger partial charge in [0.15, 0.2) is 0 Å². The van der Waals surface area contributed by atoms with Crippen LogP contribution in [0.4, 0.5) is 0 Å². The smallest absolute Gasteiger partial charge is 0.246 e. The van der Waals surface area contributed by atoms with E-state index in [0.717, 1.165) is 18.4 Å². The molecule has 21 heavy (non-hydrogen) atoms. The normalized spacial score (nSPS) is 24.9. The summed E-state index contributed by atoms with van der Waals surface area (Å²) in [5, 5.41) is 12.4. The van der Waals surface area contributed by atoms with Gasteiger partial charge in [-0.2, -0.15) is 0 Å². The largest absolute Gasteiger partial charge is 0.508 e. The summed E-state index contributed by atoms with van der Waals surface area (Å²) in [6.07, 6.45) is 1.99. The van der Waals surface area contributed by atoms with Gasteiger partial charge in [-0.05, 0) is 50.3 Å². The van der Waals surface area contributed by atoms with Gasteiger partial charge in [0.1, 0.15) is 17.3 Å². The van der Waals surface area contributed by atoms with Crippen LogP contribution in [0.15, 0.2) is 24.3 Å². The molecule has 2 amide bonds. The lowest BCUT2D eigenvalue weighted by Crippen LogP contribution is -2.68. The van der Waals surface area contributed by atoms with Crippen LogP contribution in [0.2, 0.25) is 0 Å². The number of rotatable bonds is 3. The molecule has 1 atom stereocenters. The first-order valence-electron chi connectivity index (χ1n) is 7.30. The van der Waals surface area contributed by atoms with Gasteiger partial charge in [-0.25, -0.2) is 0 Å². The maximum Gasteiger partial charge on any atom is 0.246 e. The second kappa shape index (κ2) is 4.76. The predicted octanol–water partition coefficient (Wildman–Crippen LogP) is 1.41. The molecule has 0 radical (unpaired) electrons. The molecule has 0 bridgehead atoms. The fraction of sp³-hybridized carbons (Fsp3) is 0.500. The SMILES string of the molecule is CC1(C)C(=O)NC(C2CC2)C(=O)N1Cc1cccc(O)c1. The number of nitrogens with one attached hydrogen (secondary N) is 1. The van der Waals surface area contributed by atoms with Crippen molar-refractivity contribution < 1.29 is 14.7 Å². The minimum absolute atomic E-state index is 0.0227. The van der Waals surface area contributed by atoms with Crippen LogP contribution in [0.1, 0.15) is 32.3 Å². The fourth-order valence-electron chi connectivity index (χ4n) is 2.81. The molecule has 1 aromatic rings. The van der Waals surface area contributed by atoms with Gasteiger partial charge in [-0.3, -0.25) is 9.59 Å². The van der Waals surface area contributed by atoms with Crippen molar-refractivity contribution in [2.75, 3.05) is 0 Å². The van der Waals surface area contributed by atoms with E-state index in [0.29, 0.717) is 6.54 Å². The fourth-order valence-corrected chi connectivity index (χ4v) is 2.81. The topological polar surface area (TPSA) is 69.6 Å². The molecule has 0 spiro atoms. The summed E-state index contributed by atoms with van der Waals surface area (Å²) < 4.78 is 0. The minimum Gasteiger partial charge on any atom is -0.508 e. The number of nitrogens with zero attached hydrogens (tertiary/aromatic N) is 1. The third kappa shape index (κ3) is 2.48. The van der Waals surface area contributed by atoms with Crippen LogP contribution in [-0.2, 0) is 16.1 Å². The third-order valence-corrected chi connectivity index (χ3v) is 4.39. The molecule has 1 unspecified atom stereocenters. The van der Waals surface area contributed by atoms with Crippen LogP contribution in [0, 0.1) is 5.92 Å². The Labute approximate surface area is 123 Å². The maximum atomic E-state index is 12.7. The number of phenolic OH excluding ortho intramolecular Hbond substituents is 1. The van der Waals surface area contributed by atoms with E-state index < -0.39 is 5.54 Å². The van der Waals surface area contributed by atoms with Crippen LogP contribution in [-0.4, -0.2) is 33.4 Å². The first-order valence-corrected chi connectivity index (χ1v) is 7.30. The summed E-state index contributed by atoms with van der Waals surface area (Å²) in [5.41, 5.74) is -0.0610. The van der Waals surface area contributed by atoms with Crippen molar-refractivity contribution in [2.24, 2.45) is 5.92 Å². The number of carbonyl (C=O) groups excluding carboxylic acids is 2. The number of piperazine rings is 1. The van der Waals surface area contributed by atoms with E-state index in [1.165, 1.54) is 0 Å². The van der Waals surface area contributed by atoms with Crippen molar-refractivity contribution in [1.29, 1.82) is 0 Å². The van der Waals surface area contributed by atoms with Gasteiger partial charge in [0, 0.05) is 6.54 Å². The molecule has 0 aromatic heterocycles. The van der Waals surface area contributed by atoms with Gasteiger partial charge < -0.3 is 15.3 Å². The molecule has 3 rings (SSSR count). The van der Waals surface area contributed by atoms with Gasteiger partial charge in [-0.15, -0.1) is 0 Å². The van der Waals surface area contributed by atoms with E-state index in [2.05, 4.69) is 5.32 Å². The molecule has 1 aliphatic heterocycles. The van der Waals surface area contributed by atoms with Gasteiger partial charge in [0.2, 0.25) is 11.8 Å². The first-order chi connectivity index (χ1) is 9.89. The number of hydrogen-bond donors (Lipinski definition) is 2. The number of benzene rings is 1. The average Bonchev–Trinajstić information content (AvgIpc) is 3.24. The van der Waals surface area contributed by atoms with Crippen LogP contribution >= 0.6 is 0 Å². The molecule has 5 nitrogen and oxygen atoms in total. The molecule has 2 fully saturated rings. The standard InChI is InChI=1S/C16H20N2O3/c1-16(2)15(21)17-13(11-6-7-11)14(20)18(16)9-10-4-3-5-12(19)8-10/h3-5,8,11,13,19H,6-7,9H2,1-2H3,(H,17,21). The lowest BCUT2D eigenvalue weighted by atomic mass is 9.93. The highest BCUT2D eigenvalue weighted by Gasteiger charge is 2.50. The van der Waals surface area contributed by atoms with E-state index in [4.69, 9.17) is 0 Å². The Hall–Kier alpha value is -2.04. The molecular formula is C16H20N2O3. The number of aromatic hydroxyl groups is 1. The van der Waals surface area contributed by atoms with Crippen molar-refractivity contribution in [3.05, 3.63) is 29.8 Å². The molecule has 1 aliphatic carbocycles. The molecular weight excluding hydrogens is 268 g/mol.